The molecule has 0 bridgehead atoms. The smallest absolute Gasteiger partial charge is 0.254 e. The van der Waals surface area contributed by atoms with E-state index in [0.717, 1.165) is 31.6 Å². The Morgan fingerprint density at radius 3 is 2.93 bits per heavy atom. The van der Waals surface area contributed by atoms with E-state index in [-0.39, 0.29) is 5.91 Å². The van der Waals surface area contributed by atoms with Gasteiger partial charge >= 0.3 is 0 Å². The summed E-state index contributed by atoms with van der Waals surface area (Å²) in [5, 5.41) is 3.30. The lowest BCUT2D eigenvalue weighted by Crippen LogP contribution is -2.36. The van der Waals surface area contributed by atoms with Crippen LogP contribution in [0.1, 0.15) is 22.3 Å². The van der Waals surface area contributed by atoms with Crippen LogP contribution in [-0.2, 0) is 6.54 Å². The first-order valence-corrected chi connectivity index (χ1v) is 5.46. The number of nitrogens with one attached hydrogen (secondary N) is 1. The van der Waals surface area contributed by atoms with Crippen molar-refractivity contribution in [3.8, 4) is 0 Å². The van der Waals surface area contributed by atoms with Gasteiger partial charge in [-0.3, -0.25) is 4.79 Å². The third kappa shape index (κ3) is 1.35. The summed E-state index contributed by atoms with van der Waals surface area (Å²) in [6.07, 6.45) is 1.08. The summed E-state index contributed by atoms with van der Waals surface area (Å²) in [6, 6.07) is 8.32. The van der Waals surface area contributed by atoms with Crippen LogP contribution in [0, 0.1) is 0 Å². The van der Waals surface area contributed by atoms with Crippen molar-refractivity contribution in [2.24, 2.45) is 0 Å². The number of carbonyl (C=O) groups excluding carboxylic acids is 1. The minimum Gasteiger partial charge on any atom is -0.330 e. The van der Waals surface area contributed by atoms with Crippen molar-refractivity contribution in [2.45, 2.75) is 19.0 Å². The van der Waals surface area contributed by atoms with Crippen molar-refractivity contribution in [3.63, 3.8) is 0 Å². The monoisotopic (exact) mass is 202 g/mol. The Hall–Kier alpha value is -1.35. The van der Waals surface area contributed by atoms with Gasteiger partial charge in [-0.1, -0.05) is 18.2 Å². The molecule has 78 valence electrons. The van der Waals surface area contributed by atoms with Gasteiger partial charge < -0.3 is 10.2 Å². The van der Waals surface area contributed by atoms with E-state index in [2.05, 4.69) is 11.4 Å². The molecule has 15 heavy (non-hydrogen) atoms. The van der Waals surface area contributed by atoms with Gasteiger partial charge in [-0.2, -0.15) is 0 Å². The highest BCUT2D eigenvalue weighted by molar-refractivity contribution is 5.98. The van der Waals surface area contributed by atoms with Gasteiger partial charge in [0.25, 0.3) is 5.91 Å². The van der Waals surface area contributed by atoms with E-state index in [1.807, 2.05) is 23.1 Å². The van der Waals surface area contributed by atoms with E-state index in [1.165, 1.54) is 5.56 Å². The molecule has 1 saturated heterocycles. The number of amides is 1. The maximum absolute atomic E-state index is 12.1. The molecule has 3 heteroatoms. The second-order valence-electron chi connectivity index (χ2n) is 4.24. The molecule has 1 aromatic rings. The van der Waals surface area contributed by atoms with E-state index < -0.39 is 0 Å². The minimum absolute atomic E-state index is 0.208. The van der Waals surface area contributed by atoms with Crippen molar-refractivity contribution >= 4 is 5.91 Å². The molecule has 2 aliphatic heterocycles. The van der Waals surface area contributed by atoms with Crippen LogP contribution in [0.25, 0.3) is 0 Å². The number of nitrogens with zero attached hydrogens (tertiary/aromatic N) is 1. The largest absolute Gasteiger partial charge is 0.330 e. The van der Waals surface area contributed by atoms with Crippen LogP contribution in [-0.4, -0.2) is 29.9 Å². The average Bonchev–Trinajstić information content (AvgIpc) is 2.87. The Balaban J connectivity index is 1.89. The van der Waals surface area contributed by atoms with Crippen molar-refractivity contribution in [1.82, 2.24) is 10.2 Å². The van der Waals surface area contributed by atoms with Gasteiger partial charge in [0.2, 0.25) is 0 Å². The molecule has 3 nitrogen and oxygen atoms in total. The molecule has 1 atom stereocenters. The topological polar surface area (TPSA) is 32.3 Å². The molecule has 2 aliphatic rings. The molecule has 0 radical (unpaired) electrons. The maximum Gasteiger partial charge on any atom is 0.254 e. The fourth-order valence-corrected chi connectivity index (χ4v) is 2.48. The zero-order valence-electron chi connectivity index (χ0n) is 8.57. The number of hydrogen-bond acceptors (Lipinski definition) is 2. The molecule has 1 N–H and O–H groups in total. The quantitative estimate of drug-likeness (QED) is 0.737. The number of carbonyl (C=O) groups is 1. The van der Waals surface area contributed by atoms with Crippen molar-refractivity contribution in [2.75, 3.05) is 13.1 Å². The summed E-state index contributed by atoms with van der Waals surface area (Å²) < 4.78 is 0. The minimum atomic E-state index is 0.208. The molecule has 2 heterocycles. The summed E-state index contributed by atoms with van der Waals surface area (Å²) in [6.45, 7) is 2.77. The first kappa shape index (κ1) is 8.92. The molecule has 0 saturated carbocycles. The predicted octanol–water partition coefficient (Wildman–Crippen LogP) is 1.00. The third-order valence-corrected chi connectivity index (χ3v) is 3.32. The molecule has 1 fully saturated rings. The van der Waals surface area contributed by atoms with Crippen LogP contribution in [0.2, 0.25) is 0 Å². The first-order valence-electron chi connectivity index (χ1n) is 5.46. The van der Waals surface area contributed by atoms with Crippen LogP contribution in [0.3, 0.4) is 0 Å². The standard InChI is InChI=1S/C12H14N2O/c15-12-11-4-2-1-3-9(11)8-14(12)10-5-6-13-7-10/h1-4,10,13H,5-8H2. The molecule has 0 aliphatic carbocycles. The lowest BCUT2D eigenvalue weighted by atomic mass is 10.1. The lowest BCUT2D eigenvalue weighted by molar-refractivity contribution is 0.0717. The van der Waals surface area contributed by atoms with E-state index in [1.54, 1.807) is 0 Å². The highest BCUT2D eigenvalue weighted by atomic mass is 16.2. The van der Waals surface area contributed by atoms with Crippen LogP contribution in [0.5, 0.6) is 0 Å². The predicted molar refractivity (Wildman–Crippen MR) is 57.6 cm³/mol. The second kappa shape index (κ2) is 3.35. The van der Waals surface area contributed by atoms with Gasteiger partial charge in [0.15, 0.2) is 0 Å². The molecule has 1 aromatic carbocycles. The maximum atomic E-state index is 12.1. The van der Waals surface area contributed by atoms with Gasteiger partial charge in [-0.15, -0.1) is 0 Å². The van der Waals surface area contributed by atoms with Gasteiger partial charge in [-0.05, 0) is 24.6 Å². The summed E-state index contributed by atoms with van der Waals surface area (Å²) in [5.41, 5.74) is 2.07. The van der Waals surface area contributed by atoms with E-state index in [9.17, 15) is 4.79 Å². The summed E-state index contributed by atoms with van der Waals surface area (Å²) in [4.78, 5) is 14.1. The van der Waals surface area contributed by atoms with Crippen LogP contribution in [0.4, 0.5) is 0 Å². The van der Waals surface area contributed by atoms with Gasteiger partial charge in [0.1, 0.15) is 0 Å². The van der Waals surface area contributed by atoms with E-state index in [0.29, 0.717) is 6.04 Å². The fraction of sp³-hybridized carbons (Fsp3) is 0.417. The highest BCUT2D eigenvalue weighted by Crippen LogP contribution is 2.25. The first-order chi connectivity index (χ1) is 7.36. The highest BCUT2D eigenvalue weighted by Gasteiger charge is 2.33. The summed E-state index contributed by atoms with van der Waals surface area (Å²) in [5.74, 6) is 0.208. The number of benzene rings is 1. The number of hydrogen-bond donors (Lipinski definition) is 1. The molecular weight excluding hydrogens is 188 g/mol. The van der Waals surface area contributed by atoms with Crippen LogP contribution < -0.4 is 5.32 Å². The van der Waals surface area contributed by atoms with Crippen LogP contribution in [0.15, 0.2) is 24.3 Å². The number of rotatable bonds is 1. The zero-order chi connectivity index (χ0) is 10.3. The second-order valence-corrected chi connectivity index (χ2v) is 4.24. The molecular formula is C12H14N2O. The Labute approximate surface area is 89.1 Å². The molecule has 0 spiro atoms. The van der Waals surface area contributed by atoms with Gasteiger partial charge in [0, 0.05) is 24.7 Å². The van der Waals surface area contributed by atoms with Gasteiger partial charge in [0.05, 0.1) is 0 Å². The Morgan fingerprint density at radius 1 is 1.33 bits per heavy atom. The van der Waals surface area contributed by atoms with E-state index >= 15 is 0 Å². The van der Waals surface area contributed by atoms with Crippen molar-refractivity contribution in [1.29, 1.82) is 0 Å². The van der Waals surface area contributed by atoms with Crippen molar-refractivity contribution < 1.29 is 4.79 Å². The van der Waals surface area contributed by atoms with E-state index in [4.69, 9.17) is 0 Å². The molecule has 0 aromatic heterocycles. The fourth-order valence-electron chi connectivity index (χ4n) is 2.48. The van der Waals surface area contributed by atoms with Crippen LogP contribution >= 0.6 is 0 Å². The molecule has 3 rings (SSSR count). The third-order valence-electron chi connectivity index (χ3n) is 3.32. The lowest BCUT2D eigenvalue weighted by Gasteiger charge is -2.22. The Bertz CT molecular complexity index is 396. The SMILES string of the molecule is O=C1c2ccccc2CN1C1CCNC1. The zero-order valence-corrected chi connectivity index (χ0v) is 8.57. The molecule has 1 amide bonds. The molecule has 1 unspecified atom stereocenters. The van der Waals surface area contributed by atoms with Crippen molar-refractivity contribution in [3.05, 3.63) is 35.4 Å². The Morgan fingerprint density at radius 2 is 2.20 bits per heavy atom. The average molecular weight is 202 g/mol. The normalized spacial score (nSPS) is 24.7. The summed E-state index contributed by atoms with van der Waals surface area (Å²) >= 11 is 0. The van der Waals surface area contributed by atoms with Gasteiger partial charge in [-0.25, -0.2) is 0 Å². The summed E-state index contributed by atoms with van der Waals surface area (Å²) in [7, 11) is 0. The Kier molecular flexibility index (Phi) is 1.99. The number of fused-ring (bicyclic) bond motifs is 1.